The summed E-state index contributed by atoms with van der Waals surface area (Å²) >= 11 is 0. The van der Waals surface area contributed by atoms with Crippen LogP contribution in [0.4, 0.5) is 8.78 Å². The van der Waals surface area contributed by atoms with Gasteiger partial charge < -0.3 is 5.32 Å². The van der Waals surface area contributed by atoms with Crippen LogP contribution in [-0.4, -0.2) is 12.5 Å². The maximum atomic E-state index is 13.7. The molecular formula is C18H17F2NO. The topological polar surface area (TPSA) is 29.1 Å². The maximum Gasteiger partial charge on any atom is 0.223 e. The van der Waals surface area contributed by atoms with Crippen molar-refractivity contribution in [2.75, 3.05) is 6.54 Å². The van der Waals surface area contributed by atoms with E-state index < -0.39 is 0 Å². The minimum Gasteiger partial charge on any atom is -0.356 e. The molecule has 2 unspecified atom stereocenters. The molecule has 1 aliphatic carbocycles. The minimum absolute atomic E-state index is 0.0182. The molecule has 4 heteroatoms. The lowest BCUT2D eigenvalue weighted by Crippen LogP contribution is -2.27. The highest BCUT2D eigenvalue weighted by atomic mass is 19.1. The minimum atomic E-state index is -0.273. The van der Waals surface area contributed by atoms with Crippen LogP contribution < -0.4 is 5.32 Å². The summed E-state index contributed by atoms with van der Waals surface area (Å²) in [6, 6.07) is 12.9. The van der Waals surface area contributed by atoms with Crippen molar-refractivity contribution in [1.29, 1.82) is 0 Å². The van der Waals surface area contributed by atoms with Crippen molar-refractivity contribution in [1.82, 2.24) is 5.32 Å². The molecule has 0 radical (unpaired) electrons. The molecule has 22 heavy (non-hydrogen) atoms. The summed E-state index contributed by atoms with van der Waals surface area (Å²) < 4.78 is 26.7. The Morgan fingerprint density at radius 1 is 1.14 bits per heavy atom. The Bertz CT molecular complexity index is 686. The van der Waals surface area contributed by atoms with Gasteiger partial charge in [-0.3, -0.25) is 4.79 Å². The Balaban J connectivity index is 1.49. The SMILES string of the molecule is O=C(NCCc1cccc(F)c1)C1CC1c1ccccc1F. The molecule has 114 valence electrons. The Morgan fingerprint density at radius 3 is 2.73 bits per heavy atom. The Labute approximate surface area is 128 Å². The summed E-state index contributed by atoms with van der Waals surface area (Å²) in [5, 5.41) is 2.85. The third-order valence-corrected chi connectivity index (χ3v) is 4.03. The van der Waals surface area contributed by atoms with E-state index >= 15 is 0 Å². The third kappa shape index (κ3) is 3.32. The zero-order valence-electron chi connectivity index (χ0n) is 12.1. The van der Waals surface area contributed by atoms with E-state index in [1.807, 2.05) is 6.07 Å². The first-order valence-electron chi connectivity index (χ1n) is 7.42. The van der Waals surface area contributed by atoms with Gasteiger partial charge in [-0.05, 0) is 48.1 Å². The quantitative estimate of drug-likeness (QED) is 0.900. The van der Waals surface area contributed by atoms with Crippen LogP contribution in [0.25, 0.3) is 0 Å². The van der Waals surface area contributed by atoms with E-state index in [-0.39, 0.29) is 29.4 Å². The number of amides is 1. The van der Waals surface area contributed by atoms with Crippen LogP contribution in [0.5, 0.6) is 0 Å². The van der Waals surface area contributed by atoms with Crippen LogP contribution in [0.3, 0.4) is 0 Å². The van der Waals surface area contributed by atoms with Crippen molar-refractivity contribution in [2.45, 2.75) is 18.8 Å². The van der Waals surface area contributed by atoms with Gasteiger partial charge in [0.1, 0.15) is 11.6 Å². The number of nitrogens with one attached hydrogen (secondary N) is 1. The molecular weight excluding hydrogens is 284 g/mol. The molecule has 2 atom stereocenters. The van der Waals surface area contributed by atoms with Crippen LogP contribution in [0.15, 0.2) is 48.5 Å². The second-order valence-electron chi connectivity index (χ2n) is 5.64. The number of carbonyl (C=O) groups is 1. The van der Waals surface area contributed by atoms with Crippen LogP contribution in [0, 0.1) is 17.6 Å². The zero-order valence-corrected chi connectivity index (χ0v) is 12.1. The monoisotopic (exact) mass is 301 g/mol. The van der Waals surface area contributed by atoms with Gasteiger partial charge in [0, 0.05) is 12.5 Å². The normalized spacial score (nSPS) is 19.7. The summed E-state index contributed by atoms with van der Waals surface area (Å²) in [5.74, 6) is -0.738. The summed E-state index contributed by atoms with van der Waals surface area (Å²) in [5.41, 5.74) is 1.47. The largest absolute Gasteiger partial charge is 0.356 e. The second kappa shape index (κ2) is 6.26. The van der Waals surface area contributed by atoms with Gasteiger partial charge in [-0.1, -0.05) is 30.3 Å². The van der Waals surface area contributed by atoms with E-state index in [4.69, 9.17) is 0 Å². The van der Waals surface area contributed by atoms with Crippen LogP contribution in [0.2, 0.25) is 0 Å². The number of hydrogen-bond donors (Lipinski definition) is 1. The van der Waals surface area contributed by atoms with Crippen LogP contribution in [-0.2, 0) is 11.2 Å². The molecule has 0 spiro atoms. The van der Waals surface area contributed by atoms with E-state index in [0.717, 1.165) is 5.56 Å². The zero-order chi connectivity index (χ0) is 15.5. The van der Waals surface area contributed by atoms with E-state index in [1.165, 1.54) is 18.2 Å². The fourth-order valence-electron chi connectivity index (χ4n) is 2.76. The number of halogens is 2. The van der Waals surface area contributed by atoms with Crippen molar-refractivity contribution in [3.63, 3.8) is 0 Å². The predicted octanol–water partition coefficient (Wildman–Crippen LogP) is 3.43. The molecule has 3 rings (SSSR count). The van der Waals surface area contributed by atoms with Crippen molar-refractivity contribution in [2.24, 2.45) is 5.92 Å². The summed E-state index contributed by atoms with van der Waals surface area (Å²) in [4.78, 5) is 12.0. The lowest BCUT2D eigenvalue weighted by Gasteiger charge is -2.06. The molecule has 0 aromatic heterocycles. The first-order chi connectivity index (χ1) is 10.6. The molecule has 1 fully saturated rings. The predicted molar refractivity (Wildman–Crippen MR) is 80.4 cm³/mol. The van der Waals surface area contributed by atoms with Crippen LogP contribution in [0.1, 0.15) is 23.5 Å². The lowest BCUT2D eigenvalue weighted by atomic mass is 10.1. The molecule has 0 aliphatic heterocycles. The average molecular weight is 301 g/mol. The molecule has 0 saturated heterocycles. The van der Waals surface area contributed by atoms with Crippen molar-refractivity contribution in [3.8, 4) is 0 Å². The summed E-state index contributed by atoms with van der Waals surface area (Å²) in [7, 11) is 0. The van der Waals surface area contributed by atoms with Gasteiger partial charge in [-0.25, -0.2) is 8.78 Å². The fourth-order valence-corrected chi connectivity index (χ4v) is 2.76. The van der Waals surface area contributed by atoms with Crippen LogP contribution >= 0.6 is 0 Å². The van der Waals surface area contributed by atoms with Gasteiger partial charge in [-0.15, -0.1) is 0 Å². The number of benzene rings is 2. The number of carbonyl (C=O) groups excluding carboxylic acids is 1. The highest BCUT2D eigenvalue weighted by Crippen LogP contribution is 2.48. The van der Waals surface area contributed by atoms with Gasteiger partial charge in [-0.2, -0.15) is 0 Å². The molecule has 2 aromatic carbocycles. The highest BCUT2D eigenvalue weighted by molar-refractivity contribution is 5.82. The Morgan fingerprint density at radius 2 is 1.95 bits per heavy atom. The molecule has 1 N–H and O–H groups in total. The van der Waals surface area contributed by atoms with E-state index in [2.05, 4.69) is 5.32 Å². The summed E-state index contributed by atoms with van der Waals surface area (Å²) in [6.45, 7) is 0.461. The Hall–Kier alpha value is -2.23. The molecule has 2 nitrogen and oxygen atoms in total. The van der Waals surface area contributed by atoms with Gasteiger partial charge in [0.25, 0.3) is 0 Å². The fraction of sp³-hybridized carbons (Fsp3) is 0.278. The number of rotatable bonds is 5. The lowest BCUT2D eigenvalue weighted by molar-refractivity contribution is -0.122. The van der Waals surface area contributed by atoms with Gasteiger partial charge >= 0.3 is 0 Å². The first-order valence-corrected chi connectivity index (χ1v) is 7.42. The van der Waals surface area contributed by atoms with E-state index in [9.17, 15) is 13.6 Å². The van der Waals surface area contributed by atoms with Crippen molar-refractivity contribution < 1.29 is 13.6 Å². The van der Waals surface area contributed by atoms with Gasteiger partial charge in [0.15, 0.2) is 0 Å². The van der Waals surface area contributed by atoms with Crippen molar-refractivity contribution >= 4 is 5.91 Å². The average Bonchev–Trinajstić information content (AvgIpc) is 3.28. The second-order valence-corrected chi connectivity index (χ2v) is 5.64. The molecule has 0 heterocycles. The van der Waals surface area contributed by atoms with E-state index in [1.54, 1.807) is 24.3 Å². The molecule has 2 aromatic rings. The molecule has 1 amide bonds. The summed E-state index contributed by atoms with van der Waals surface area (Å²) in [6.07, 6.45) is 1.27. The maximum absolute atomic E-state index is 13.7. The van der Waals surface area contributed by atoms with Gasteiger partial charge in [0.2, 0.25) is 5.91 Å². The first kappa shape index (κ1) is 14.7. The Kier molecular flexibility index (Phi) is 4.18. The van der Waals surface area contributed by atoms with Gasteiger partial charge in [0.05, 0.1) is 0 Å². The number of hydrogen-bond acceptors (Lipinski definition) is 1. The highest BCUT2D eigenvalue weighted by Gasteiger charge is 2.44. The molecule has 0 bridgehead atoms. The standard InChI is InChI=1S/C18H17F2NO/c19-13-5-3-4-12(10-13)8-9-21-18(22)16-11-15(16)14-6-1-2-7-17(14)20/h1-7,10,15-16H,8-9,11H2,(H,21,22). The molecule has 1 saturated carbocycles. The van der Waals surface area contributed by atoms with E-state index in [0.29, 0.717) is 24.9 Å². The molecule has 1 aliphatic rings. The smallest absolute Gasteiger partial charge is 0.223 e. The third-order valence-electron chi connectivity index (χ3n) is 4.03. The van der Waals surface area contributed by atoms with Crippen molar-refractivity contribution in [3.05, 3.63) is 71.3 Å².